The quantitative estimate of drug-likeness (QED) is 0.544. The van der Waals surface area contributed by atoms with Crippen LogP contribution < -0.4 is 0 Å². The van der Waals surface area contributed by atoms with Gasteiger partial charge in [-0.2, -0.15) is 0 Å². The van der Waals surface area contributed by atoms with Crippen LogP contribution in [0.25, 0.3) is 0 Å². The molecule has 1 atom stereocenters. The second-order valence-electron chi connectivity index (χ2n) is 4.73. The minimum absolute atomic E-state index is 0.0821. The Balaban J connectivity index is 2.66. The molecule has 3 heteroatoms. The highest BCUT2D eigenvalue weighted by atomic mass is 16.5. The summed E-state index contributed by atoms with van der Waals surface area (Å²) < 4.78 is 4.64. The highest BCUT2D eigenvalue weighted by Crippen LogP contribution is 2.31. The lowest BCUT2D eigenvalue weighted by molar-refractivity contribution is -0.141. The van der Waals surface area contributed by atoms with E-state index in [-0.39, 0.29) is 17.7 Å². The summed E-state index contributed by atoms with van der Waals surface area (Å²) >= 11 is 0. The second-order valence-corrected chi connectivity index (χ2v) is 4.73. The molecule has 1 unspecified atom stereocenters. The number of ketones is 1. The Morgan fingerprint density at radius 1 is 1.56 bits per heavy atom. The van der Waals surface area contributed by atoms with Crippen molar-refractivity contribution >= 4 is 11.8 Å². The molecule has 3 nitrogen and oxygen atoms in total. The fourth-order valence-corrected chi connectivity index (χ4v) is 1.97. The van der Waals surface area contributed by atoms with Gasteiger partial charge in [-0.05, 0) is 30.3 Å². The van der Waals surface area contributed by atoms with Crippen molar-refractivity contribution in [1.29, 1.82) is 0 Å². The van der Waals surface area contributed by atoms with E-state index >= 15 is 0 Å². The van der Waals surface area contributed by atoms with Gasteiger partial charge in [-0.3, -0.25) is 9.59 Å². The second kappa shape index (κ2) is 5.83. The molecule has 0 heterocycles. The summed E-state index contributed by atoms with van der Waals surface area (Å²) in [4.78, 5) is 22.8. The number of hydrogen-bond donors (Lipinski definition) is 0. The number of methoxy groups -OCH3 is 1. The topological polar surface area (TPSA) is 43.4 Å². The summed E-state index contributed by atoms with van der Waals surface area (Å²) in [7, 11) is 1.39. The van der Waals surface area contributed by atoms with Crippen molar-refractivity contribution in [2.75, 3.05) is 7.11 Å². The lowest BCUT2D eigenvalue weighted by Gasteiger charge is -2.10. The molecule has 0 aromatic carbocycles. The third kappa shape index (κ3) is 3.47. The van der Waals surface area contributed by atoms with Gasteiger partial charge in [0.15, 0.2) is 5.78 Å². The molecule has 1 saturated carbocycles. The smallest absolute Gasteiger partial charge is 0.306 e. The standard InChI is InChI=1S/C13H20O3/c1-9(2)4-6-11-10(5-7-12(11)14)8-13(15)16-3/h6,9-10H,4-5,7-8H2,1-3H3. The van der Waals surface area contributed by atoms with E-state index in [4.69, 9.17) is 0 Å². The Morgan fingerprint density at radius 2 is 2.25 bits per heavy atom. The van der Waals surface area contributed by atoms with Gasteiger partial charge in [-0.15, -0.1) is 0 Å². The van der Waals surface area contributed by atoms with E-state index in [1.165, 1.54) is 7.11 Å². The van der Waals surface area contributed by atoms with Crippen molar-refractivity contribution in [2.24, 2.45) is 11.8 Å². The van der Waals surface area contributed by atoms with Crippen LogP contribution in [0.5, 0.6) is 0 Å². The van der Waals surface area contributed by atoms with Crippen molar-refractivity contribution in [3.63, 3.8) is 0 Å². The number of carbonyl (C=O) groups is 2. The minimum atomic E-state index is -0.227. The first-order valence-electron chi connectivity index (χ1n) is 5.84. The highest BCUT2D eigenvalue weighted by Gasteiger charge is 2.30. The molecule has 0 saturated heterocycles. The van der Waals surface area contributed by atoms with E-state index in [0.29, 0.717) is 18.8 Å². The molecule has 1 aliphatic carbocycles. The lowest BCUT2D eigenvalue weighted by Crippen LogP contribution is -2.10. The summed E-state index contributed by atoms with van der Waals surface area (Å²) in [5, 5.41) is 0. The first kappa shape index (κ1) is 12.9. The maximum atomic E-state index is 11.6. The van der Waals surface area contributed by atoms with E-state index < -0.39 is 0 Å². The predicted molar refractivity (Wildman–Crippen MR) is 61.9 cm³/mol. The number of allylic oxidation sites excluding steroid dienone is 2. The Kier molecular flexibility index (Phi) is 4.71. The van der Waals surface area contributed by atoms with Crippen molar-refractivity contribution in [3.8, 4) is 0 Å². The average Bonchev–Trinajstić information content (AvgIpc) is 2.56. The molecule has 0 N–H and O–H groups in total. The molecule has 0 amide bonds. The fraction of sp³-hybridized carbons (Fsp3) is 0.692. The zero-order valence-corrected chi connectivity index (χ0v) is 10.3. The molecule has 1 aliphatic rings. The largest absolute Gasteiger partial charge is 0.469 e. The van der Waals surface area contributed by atoms with E-state index in [9.17, 15) is 9.59 Å². The molecule has 0 aromatic heterocycles. The molecule has 1 fully saturated rings. The van der Waals surface area contributed by atoms with E-state index in [2.05, 4.69) is 18.6 Å². The van der Waals surface area contributed by atoms with Gasteiger partial charge in [0, 0.05) is 6.42 Å². The van der Waals surface area contributed by atoms with Gasteiger partial charge in [0.25, 0.3) is 0 Å². The third-order valence-electron chi connectivity index (χ3n) is 2.93. The van der Waals surface area contributed by atoms with Crippen LogP contribution in [-0.2, 0) is 14.3 Å². The molecule has 0 aliphatic heterocycles. The lowest BCUT2D eigenvalue weighted by atomic mass is 9.96. The Hall–Kier alpha value is -1.12. The average molecular weight is 224 g/mol. The normalized spacial score (nSPS) is 23.1. The summed E-state index contributed by atoms with van der Waals surface area (Å²) in [6, 6.07) is 0. The van der Waals surface area contributed by atoms with Crippen LogP contribution >= 0.6 is 0 Å². The molecule has 90 valence electrons. The molecule has 0 spiro atoms. The van der Waals surface area contributed by atoms with Gasteiger partial charge in [0.05, 0.1) is 13.5 Å². The van der Waals surface area contributed by atoms with Crippen LogP contribution in [0.15, 0.2) is 11.6 Å². The fourth-order valence-electron chi connectivity index (χ4n) is 1.97. The van der Waals surface area contributed by atoms with Crippen LogP contribution in [-0.4, -0.2) is 18.9 Å². The van der Waals surface area contributed by atoms with E-state index in [1.54, 1.807) is 0 Å². The number of ether oxygens (including phenoxy) is 1. The van der Waals surface area contributed by atoms with Crippen LogP contribution in [0.3, 0.4) is 0 Å². The number of Topliss-reactive ketones (excluding diaryl/α,β-unsaturated/α-hetero) is 1. The SMILES string of the molecule is COC(=O)CC1CCC(=O)C1=CCC(C)C. The van der Waals surface area contributed by atoms with Crippen molar-refractivity contribution < 1.29 is 14.3 Å². The van der Waals surface area contributed by atoms with Crippen LogP contribution in [0.1, 0.15) is 39.5 Å². The number of rotatable bonds is 4. The monoisotopic (exact) mass is 224 g/mol. The van der Waals surface area contributed by atoms with E-state index in [1.807, 2.05) is 6.08 Å². The van der Waals surface area contributed by atoms with Gasteiger partial charge in [0.2, 0.25) is 0 Å². The van der Waals surface area contributed by atoms with Gasteiger partial charge in [0.1, 0.15) is 0 Å². The van der Waals surface area contributed by atoms with Crippen LogP contribution in [0.4, 0.5) is 0 Å². The molecule has 0 aromatic rings. The van der Waals surface area contributed by atoms with Gasteiger partial charge >= 0.3 is 5.97 Å². The van der Waals surface area contributed by atoms with Gasteiger partial charge in [-0.1, -0.05) is 19.9 Å². The minimum Gasteiger partial charge on any atom is -0.469 e. The zero-order chi connectivity index (χ0) is 12.1. The van der Waals surface area contributed by atoms with Crippen LogP contribution in [0.2, 0.25) is 0 Å². The first-order valence-corrected chi connectivity index (χ1v) is 5.84. The van der Waals surface area contributed by atoms with Crippen molar-refractivity contribution in [1.82, 2.24) is 0 Å². The Labute approximate surface area is 96.9 Å². The highest BCUT2D eigenvalue weighted by molar-refractivity contribution is 5.98. The van der Waals surface area contributed by atoms with Gasteiger partial charge < -0.3 is 4.74 Å². The Morgan fingerprint density at radius 3 is 2.81 bits per heavy atom. The zero-order valence-electron chi connectivity index (χ0n) is 10.3. The van der Waals surface area contributed by atoms with Crippen molar-refractivity contribution in [3.05, 3.63) is 11.6 Å². The van der Waals surface area contributed by atoms with E-state index in [0.717, 1.165) is 18.4 Å². The number of carbonyl (C=O) groups excluding carboxylic acids is 2. The molecule has 0 bridgehead atoms. The Bertz CT molecular complexity index is 302. The summed E-state index contributed by atoms with van der Waals surface area (Å²) in [5.41, 5.74) is 0.846. The maximum absolute atomic E-state index is 11.6. The first-order chi connectivity index (χ1) is 7.54. The summed E-state index contributed by atoms with van der Waals surface area (Å²) in [6.07, 6.45) is 4.61. The molecular formula is C13H20O3. The number of hydrogen-bond acceptors (Lipinski definition) is 3. The molecular weight excluding hydrogens is 204 g/mol. The summed E-state index contributed by atoms with van der Waals surface area (Å²) in [5.74, 6) is 0.600. The third-order valence-corrected chi connectivity index (χ3v) is 2.93. The predicted octanol–water partition coefficient (Wildman–Crippen LogP) is 2.50. The molecule has 1 rings (SSSR count). The summed E-state index contributed by atoms with van der Waals surface area (Å²) in [6.45, 7) is 4.23. The molecule has 16 heavy (non-hydrogen) atoms. The number of esters is 1. The maximum Gasteiger partial charge on any atom is 0.306 e. The van der Waals surface area contributed by atoms with Crippen LogP contribution in [0, 0.1) is 11.8 Å². The van der Waals surface area contributed by atoms with Gasteiger partial charge in [-0.25, -0.2) is 0 Å². The van der Waals surface area contributed by atoms with Crippen molar-refractivity contribution in [2.45, 2.75) is 39.5 Å². The molecule has 0 radical (unpaired) electrons.